The second kappa shape index (κ2) is 5.44. The molecule has 1 aromatic rings. The highest BCUT2D eigenvalue weighted by atomic mass is 35.7. The Kier molecular flexibility index (Phi) is 4.07. The fraction of sp³-hybridized carbons (Fsp3) is 0.364. The minimum Gasteiger partial charge on any atom is -0.379 e. The van der Waals surface area contributed by atoms with Crippen LogP contribution in [-0.4, -0.2) is 33.6 Å². The number of carbonyl (C=O) groups is 1. The zero-order valence-electron chi connectivity index (χ0n) is 9.73. The van der Waals surface area contributed by atoms with Crippen LogP contribution in [0.15, 0.2) is 23.1 Å². The highest BCUT2D eigenvalue weighted by Gasteiger charge is 2.22. The fourth-order valence-corrected chi connectivity index (χ4v) is 2.52. The molecule has 0 aliphatic carbocycles. The first-order chi connectivity index (χ1) is 8.88. The Morgan fingerprint density at radius 1 is 1.47 bits per heavy atom. The highest BCUT2D eigenvalue weighted by Crippen LogP contribution is 2.19. The first kappa shape index (κ1) is 14.2. The Morgan fingerprint density at radius 2 is 2.21 bits per heavy atom. The summed E-state index contributed by atoms with van der Waals surface area (Å²) in [5.74, 6) is -1.49. The molecule has 104 valence electrons. The highest BCUT2D eigenvalue weighted by molar-refractivity contribution is 8.13. The number of nitrogens with one attached hydrogen (secondary N) is 1. The lowest BCUT2D eigenvalue weighted by molar-refractivity contribution is 0.0925. The van der Waals surface area contributed by atoms with Crippen LogP contribution in [0.5, 0.6) is 0 Å². The van der Waals surface area contributed by atoms with Gasteiger partial charge in [-0.15, -0.1) is 0 Å². The molecule has 1 aliphatic rings. The molecule has 0 bridgehead atoms. The van der Waals surface area contributed by atoms with Gasteiger partial charge in [0, 0.05) is 17.3 Å². The molecule has 0 spiro atoms. The topological polar surface area (TPSA) is 72.5 Å². The Morgan fingerprint density at radius 3 is 2.79 bits per heavy atom. The molecule has 1 aliphatic heterocycles. The van der Waals surface area contributed by atoms with Crippen molar-refractivity contribution in [1.29, 1.82) is 0 Å². The summed E-state index contributed by atoms with van der Waals surface area (Å²) in [7, 11) is 1.15. The van der Waals surface area contributed by atoms with Gasteiger partial charge in [-0.3, -0.25) is 4.79 Å². The monoisotopic (exact) mass is 307 g/mol. The van der Waals surface area contributed by atoms with E-state index in [-0.39, 0.29) is 16.5 Å². The van der Waals surface area contributed by atoms with Gasteiger partial charge in [-0.2, -0.15) is 0 Å². The van der Waals surface area contributed by atoms with E-state index in [1.807, 2.05) is 0 Å². The van der Waals surface area contributed by atoms with Gasteiger partial charge in [0.15, 0.2) is 0 Å². The average Bonchev–Trinajstić information content (AvgIpc) is 2.80. The van der Waals surface area contributed by atoms with E-state index in [9.17, 15) is 17.6 Å². The van der Waals surface area contributed by atoms with Gasteiger partial charge in [-0.1, -0.05) is 0 Å². The van der Waals surface area contributed by atoms with Crippen LogP contribution in [0.4, 0.5) is 4.39 Å². The summed E-state index contributed by atoms with van der Waals surface area (Å²) >= 11 is 0. The maximum Gasteiger partial charge on any atom is 0.261 e. The molecular weight excluding hydrogens is 297 g/mol. The van der Waals surface area contributed by atoms with Crippen LogP contribution in [0.2, 0.25) is 0 Å². The smallest absolute Gasteiger partial charge is 0.261 e. The Labute approximate surface area is 114 Å². The lowest BCUT2D eigenvalue weighted by atomic mass is 10.1. The number of hydrogen-bond acceptors (Lipinski definition) is 4. The van der Waals surface area contributed by atoms with Gasteiger partial charge < -0.3 is 10.1 Å². The average molecular weight is 308 g/mol. The molecule has 1 atom stereocenters. The van der Waals surface area contributed by atoms with E-state index in [2.05, 4.69) is 5.32 Å². The molecule has 0 saturated carbocycles. The van der Waals surface area contributed by atoms with E-state index in [0.29, 0.717) is 19.6 Å². The van der Waals surface area contributed by atoms with Gasteiger partial charge in [-0.05, 0) is 24.6 Å². The molecule has 8 heteroatoms. The van der Waals surface area contributed by atoms with E-state index in [1.54, 1.807) is 0 Å². The number of halogens is 2. The molecular formula is C11H11ClFNO4S. The third-order valence-electron chi connectivity index (χ3n) is 2.73. The predicted octanol–water partition coefficient (Wildman–Crippen LogP) is 1.27. The molecule has 1 saturated heterocycles. The molecule has 5 nitrogen and oxygen atoms in total. The van der Waals surface area contributed by atoms with Crippen LogP contribution in [0.3, 0.4) is 0 Å². The number of benzene rings is 1. The van der Waals surface area contributed by atoms with Crippen LogP contribution < -0.4 is 5.32 Å². The lowest BCUT2D eigenvalue weighted by Crippen LogP contribution is -2.35. The lowest BCUT2D eigenvalue weighted by Gasteiger charge is -2.11. The van der Waals surface area contributed by atoms with Gasteiger partial charge in [0.05, 0.1) is 23.1 Å². The van der Waals surface area contributed by atoms with Crippen molar-refractivity contribution in [2.24, 2.45) is 0 Å². The zero-order chi connectivity index (χ0) is 14.0. The first-order valence-electron chi connectivity index (χ1n) is 5.51. The summed E-state index contributed by atoms with van der Waals surface area (Å²) in [6.07, 6.45) is 0.640. The second-order valence-corrected chi connectivity index (χ2v) is 6.68. The first-order valence-corrected chi connectivity index (χ1v) is 7.81. The SMILES string of the molecule is O=C(NC1CCOC1)c1cc(S(=O)(=O)Cl)ccc1F. The normalized spacial score (nSPS) is 19.4. The van der Waals surface area contributed by atoms with Gasteiger partial charge in [0.1, 0.15) is 5.82 Å². The second-order valence-electron chi connectivity index (χ2n) is 4.11. The number of hydrogen-bond donors (Lipinski definition) is 1. The molecule has 1 unspecified atom stereocenters. The Balaban J connectivity index is 2.25. The number of amides is 1. The number of ether oxygens (including phenoxy) is 1. The maximum atomic E-state index is 13.6. The number of rotatable bonds is 3. The summed E-state index contributed by atoms with van der Waals surface area (Å²) in [4.78, 5) is 11.5. The Hall–Kier alpha value is -1.18. The molecule has 2 rings (SSSR count). The standard InChI is InChI=1S/C11H11ClFNO4S/c12-19(16,17)8-1-2-10(13)9(5-8)11(15)14-7-3-4-18-6-7/h1-2,5,7H,3-4,6H2,(H,14,15). The third kappa shape index (κ3) is 3.43. The Bertz CT molecular complexity index is 599. The molecule has 0 aromatic heterocycles. The van der Waals surface area contributed by atoms with E-state index in [4.69, 9.17) is 15.4 Å². The van der Waals surface area contributed by atoms with Crippen LogP contribution in [0.1, 0.15) is 16.8 Å². The summed E-state index contributed by atoms with van der Waals surface area (Å²) in [5, 5.41) is 2.57. The van der Waals surface area contributed by atoms with Crippen molar-refractivity contribution in [3.63, 3.8) is 0 Å². The van der Waals surface area contributed by atoms with Crippen LogP contribution in [0, 0.1) is 5.82 Å². The predicted molar refractivity (Wildman–Crippen MR) is 66.1 cm³/mol. The molecule has 1 amide bonds. The van der Waals surface area contributed by atoms with Crippen LogP contribution in [-0.2, 0) is 13.8 Å². The molecule has 1 fully saturated rings. The van der Waals surface area contributed by atoms with Crippen molar-refractivity contribution >= 4 is 25.6 Å². The summed E-state index contributed by atoms with van der Waals surface area (Å²) in [5.41, 5.74) is -0.353. The largest absolute Gasteiger partial charge is 0.379 e. The van der Waals surface area contributed by atoms with E-state index >= 15 is 0 Å². The zero-order valence-corrected chi connectivity index (χ0v) is 11.3. The summed E-state index contributed by atoms with van der Waals surface area (Å²) in [6, 6.07) is 2.63. The molecule has 1 heterocycles. The molecule has 19 heavy (non-hydrogen) atoms. The van der Waals surface area contributed by atoms with Crippen LogP contribution >= 0.6 is 10.7 Å². The van der Waals surface area contributed by atoms with E-state index in [0.717, 1.165) is 18.2 Å². The van der Waals surface area contributed by atoms with Gasteiger partial charge >= 0.3 is 0 Å². The minimum atomic E-state index is -4.00. The molecule has 0 radical (unpaired) electrons. The van der Waals surface area contributed by atoms with Crippen molar-refractivity contribution in [2.45, 2.75) is 17.4 Å². The van der Waals surface area contributed by atoms with Crippen molar-refractivity contribution < 1.29 is 22.3 Å². The maximum absolute atomic E-state index is 13.6. The molecule has 1 N–H and O–H groups in total. The van der Waals surface area contributed by atoms with Gasteiger partial charge in [0.25, 0.3) is 15.0 Å². The minimum absolute atomic E-state index is 0.192. The van der Waals surface area contributed by atoms with E-state index in [1.165, 1.54) is 0 Å². The van der Waals surface area contributed by atoms with Crippen molar-refractivity contribution in [3.05, 3.63) is 29.6 Å². The van der Waals surface area contributed by atoms with E-state index < -0.39 is 20.8 Å². The van der Waals surface area contributed by atoms with Crippen LogP contribution in [0.25, 0.3) is 0 Å². The fourth-order valence-electron chi connectivity index (χ4n) is 1.74. The van der Waals surface area contributed by atoms with Crippen molar-refractivity contribution in [1.82, 2.24) is 5.32 Å². The van der Waals surface area contributed by atoms with Crippen molar-refractivity contribution in [2.75, 3.05) is 13.2 Å². The quantitative estimate of drug-likeness (QED) is 0.854. The van der Waals surface area contributed by atoms with Gasteiger partial charge in [-0.25, -0.2) is 12.8 Å². The molecule has 1 aromatic carbocycles. The van der Waals surface area contributed by atoms with Crippen molar-refractivity contribution in [3.8, 4) is 0 Å². The number of carbonyl (C=O) groups excluding carboxylic acids is 1. The third-order valence-corrected chi connectivity index (χ3v) is 4.08. The summed E-state index contributed by atoms with van der Waals surface area (Å²) < 4.78 is 40.9. The summed E-state index contributed by atoms with van der Waals surface area (Å²) in [6.45, 7) is 0.893. The van der Waals surface area contributed by atoms with Gasteiger partial charge in [0.2, 0.25) is 0 Å².